The van der Waals surface area contributed by atoms with Crippen molar-refractivity contribution >= 4 is 11.8 Å². The Balaban J connectivity index is 1.26. The predicted molar refractivity (Wildman–Crippen MR) is 116 cm³/mol. The molecule has 0 spiro atoms. The van der Waals surface area contributed by atoms with Crippen LogP contribution in [0.3, 0.4) is 0 Å². The van der Waals surface area contributed by atoms with Gasteiger partial charge < -0.3 is 10.1 Å². The highest BCUT2D eigenvalue weighted by molar-refractivity contribution is 7.98. The van der Waals surface area contributed by atoms with Gasteiger partial charge >= 0.3 is 0 Å². The zero-order valence-electron chi connectivity index (χ0n) is 15.6. The average Bonchev–Trinajstić information content (AvgIpc) is 2.74. The topological polar surface area (TPSA) is 21.3 Å². The van der Waals surface area contributed by atoms with Gasteiger partial charge in [0.25, 0.3) is 0 Å². The molecule has 0 atom stereocenters. The van der Waals surface area contributed by atoms with Crippen molar-refractivity contribution in [1.82, 2.24) is 5.32 Å². The van der Waals surface area contributed by atoms with Gasteiger partial charge in [-0.3, -0.25) is 0 Å². The molecular formula is C24H27NOS. The summed E-state index contributed by atoms with van der Waals surface area (Å²) in [6.07, 6.45) is 1.04. The second-order valence-electron chi connectivity index (χ2n) is 6.46. The van der Waals surface area contributed by atoms with Crippen LogP contribution in [0.2, 0.25) is 0 Å². The van der Waals surface area contributed by atoms with Crippen LogP contribution >= 0.6 is 11.8 Å². The molecule has 0 aromatic heterocycles. The fourth-order valence-electron chi connectivity index (χ4n) is 2.76. The summed E-state index contributed by atoms with van der Waals surface area (Å²) in [6.45, 7) is 2.67. The van der Waals surface area contributed by atoms with Crippen LogP contribution in [0.4, 0.5) is 0 Å². The summed E-state index contributed by atoms with van der Waals surface area (Å²) in [5.74, 6) is 3.15. The molecule has 0 unspecified atom stereocenters. The maximum absolute atomic E-state index is 5.84. The molecule has 0 saturated heterocycles. The van der Waals surface area contributed by atoms with Gasteiger partial charge in [0.15, 0.2) is 0 Å². The summed E-state index contributed by atoms with van der Waals surface area (Å²) in [5, 5.41) is 3.53. The van der Waals surface area contributed by atoms with E-state index in [9.17, 15) is 0 Å². The van der Waals surface area contributed by atoms with Crippen LogP contribution < -0.4 is 10.1 Å². The molecule has 0 bridgehead atoms. The number of hydrogen-bond acceptors (Lipinski definition) is 3. The molecule has 3 rings (SSSR count). The molecule has 0 aliphatic rings. The Kier molecular flexibility index (Phi) is 8.30. The maximum atomic E-state index is 5.84. The van der Waals surface area contributed by atoms with Gasteiger partial charge in [0.05, 0.1) is 0 Å². The zero-order chi connectivity index (χ0) is 18.6. The lowest BCUT2D eigenvalue weighted by Crippen LogP contribution is -2.20. The van der Waals surface area contributed by atoms with Crippen LogP contribution in [-0.4, -0.2) is 18.8 Å². The molecule has 27 heavy (non-hydrogen) atoms. The van der Waals surface area contributed by atoms with Crippen LogP contribution in [0, 0.1) is 0 Å². The van der Waals surface area contributed by atoms with Gasteiger partial charge in [0.2, 0.25) is 0 Å². The van der Waals surface area contributed by atoms with E-state index in [4.69, 9.17) is 4.74 Å². The van der Waals surface area contributed by atoms with Gasteiger partial charge in [-0.2, -0.15) is 11.8 Å². The number of benzene rings is 3. The molecule has 0 saturated carbocycles. The Bertz CT molecular complexity index is 759. The highest BCUT2D eigenvalue weighted by Gasteiger charge is 1.98. The van der Waals surface area contributed by atoms with Crippen LogP contribution in [0.1, 0.15) is 16.7 Å². The normalized spacial score (nSPS) is 10.7. The minimum absolute atomic E-state index is 0.613. The first kappa shape index (κ1) is 19.5. The van der Waals surface area contributed by atoms with E-state index in [1.54, 1.807) is 0 Å². The van der Waals surface area contributed by atoms with E-state index in [-0.39, 0.29) is 0 Å². The summed E-state index contributed by atoms with van der Waals surface area (Å²) < 4.78 is 5.84. The molecular weight excluding hydrogens is 350 g/mol. The van der Waals surface area contributed by atoms with Gasteiger partial charge in [0.1, 0.15) is 12.4 Å². The summed E-state index contributed by atoms with van der Waals surface area (Å²) in [4.78, 5) is 0. The Morgan fingerprint density at radius 3 is 2.04 bits per heavy atom. The van der Waals surface area contributed by atoms with E-state index >= 15 is 0 Å². The number of nitrogens with one attached hydrogen (secondary N) is 1. The van der Waals surface area contributed by atoms with Crippen molar-refractivity contribution in [3.05, 3.63) is 102 Å². The highest BCUT2D eigenvalue weighted by atomic mass is 32.2. The first-order chi connectivity index (χ1) is 13.4. The van der Waals surface area contributed by atoms with E-state index < -0.39 is 0 Å². The Morgan fingerprint density at radius 2 is 1.33 bits per heavy atom. The molecule has 0 radical (unpaired) electrons. The first-order valence-corrected chi connectivity index (χ1v) is 10.6. The second kappa shape index (κ2) is 11.5. The van der Waals surface area contributed by atoms with Crippen molar-refractivity contribution in [2.75, 3.05) is 18.8 Å². The molecule has 3 aromatic carbocycles. The van der Waals surface area contributed by atoms with Crippen LogP contribution in [0.5, 0.6) is 5.75 Å². The van der Waals surface area contributed by atoms with Crippen molar-refractivity contribution in [3.8, 4) is 5.75 Å². The van der Waals surface area contributed by atoms with Crippen LogP contribution in [0.15, 0.2) is 84.9 Å². The molecule has 0 aliphatic carbocycles. The second-order valence-corrected chi connectivity index (χ2v) is 7.56. The summed E-state index contributed by atoms with van der Waals surface area (Å²) >= 11 is 1.98. The quantitative estimate of drug-likeness (QED) is 0.456. The predicted octanol–water partition coefficient (Wildman–Crippen LogP) is 5.33. The molecule has 0 amide bonds. The van der Waals surface area contributed by atoms with Crippen molar-refractivity contribution in [1.29, 1.82) is 0 Å². The summed E-state index contributed by atoms with van der Waals surface area (Å²) in [6, 6.07) is 29.4. The minimum Gasteiger partial charge on any atom is -0.489 e. The monoisotopic (exact) mass is 377 g/mol. The molecule has 3 heteroatoms. The summed E-state index contributed by atoms with van der Waals surface area (Å²) in [7, 11) is 0. The first-order valence-electron chi connectivity index (χ1n) is 9.48. The van der Waals surface area contributed by atoms with Gasteiger partial charge in [-0.15, -0.1) is 0 Å². The Labute approximate surface area is 167 Å². The number of rotatable bonds is 11. The lowest BCUT2D eigenvalue weighted by Gasteiger charge is -2.08. The minimum atomic E-state index is 0.613. The van der Waals surface area contributed by atoms with Gasteiger partial charge in [-0.25, -0.2) is 0 Å². The fraction of sp³-hybridized carbons (Fsp3) is 0.250. The largest absolute Gasteiger partial charge is 0.489 e. The third kappa shape index (κ3) is 7.49. The highest BCUT2D eigenvalue weighted by Crippen LogP contribution is 2.14. The standard InChI is InChI=1S/C24H27NOS/c1-3-7-22(8-4-1)19-26-24-13-11-21(12-14-24)15-16-25-17-18-27-20-23-9-5-2-6-10-23/h1-14,25H,15-20H2. The number of ether oxygens (including phenoxy) is 1. The maximum Gasteiger partial charge on any atom is 0.119 e. The summed E-state index contributed by atoms with van der Waals surface area (Å²) in [5.41, 5.74) is 3.93. The zero-order valence-corrected chi connectivity index (χ0v) is 16.5. The van der Waals surface area contributed by atoms with Crippen molar-refractivity contribution in [2.24, 2.45) is 0 Å². The number of hydrogen-bond donors (Lipinski definition) is 1. The van der Waals surface area contributed by atoms with Gasteiger partial charge in [0, 0.05) is 18.1 Å². The molecule has 1 N–H and O–H groups in total. The SMILES string of the molecule is c1ccc(COc2ccc(CCNCCSCc3ccccc3)cc2)cc1. The van der Waals surface area contributed by atoms with E-state index in [1.807, 2.05) is 30.0 Å². The molecule has 0 heterocycles. The van der Waals surface area contributed by atoms with E-state index in [2.05, 4.69) is 72.0 Å². The van der Waals surface area contributed by atoms with Gasteiger partial charge in [-0.1, -0.05) is 72.8 Å². The molecule has 3 aromatic rings. The van der Waals surface area contributed by atoms with Crippen molar-refractivity contribution < 1.29 is 4.74 Å². The molecule has 0 fully saturated rings. The number of thioether (sulfide) groups is 1. The van der Waals surface area contributed by atoms with Crippen molar-refractivity contribution in [3.63, 3.8) is 0 Å². The molecule has 140 valence electrons. The lowest BCUT2D eigenvalue weighted by atomic mass is 10.1. The Hall–Kier alpha value is -2.23. The Morgan fingerprint density at radius 1 is 0.667 bits per heavy atom. The van der Waals surface area contributed by atoms with E-state index in [0.717, 1.165) is 36.8 Å². The molecule has 2 nitrogen and oxygen atoms in total. The van der Waals surface area contributed by atoms with E-state index in [1.165, 1.54) is 16.7 Å². The van der Waals surface area contributed by atoms with Crippen molar-refractivity contribution in [2.45, 2.75) is 18.8 Å². The fourth-order valence-corrected chi connectivity index (χ4v) is 3.62. The average molecular weight is 378 g/mol. The third-order valence-electron chi connectivity index (χ3n) is 4.30. The van der Waals surface area contributed by atoms with E-state index in [0.29, 0.717) is 6.61 Å². The lowest BCUT2D eigenvalue weighted by molar-refractivity contribution is 0.306. The molecule has 0 aliphatic heterocycles. The van der Waals surface area contributed by atoms with Crippen LogP contribution in [-0.2, 0) is 18.8 Å². The smallest absolute Gasteiger partial charge is 0.119 e. The van der Waals surface area contributed by atoms with Crippen LogP contribution in [0.25, 0.3) is 0 Å². The van der Waals surface area contributed by atoms with Gasteiger partial charge in [-0.05, 0) is 41.8 Å². The third-order valence-corrected chi connectivity index (χ3v) is 5.33.